The molecule has 1 N–H and O–H groups in total. The molecule has 1 heterocycles. The van der Waals surface area contributed by atoms with E-state index in [-0.39, 0.29) is 17.0 Å². The molecule has 0 saturated heterocycles. The second kappa shape index (κ2) is 5.44. The van der Waals surface area contributed by atoms with E-state index in [0.717, 1.165) is 31.5 Å². The van der Waals surface area contributed by atoms with Crippen LogP contribution < -0.4 is 5.32 Å². The smallest absolute Gasteiger partial charge is 0.166 e. The Morgan fingerprint density at radius 3 is 2.86 bits per heavy atom. The monoisotopic (exact) mass is 307 g/mol. The van der Waals surface area contributed by atoms with E-state index in [2.05, 4.69) is 5.32 Å². The maximum atomic E-state index is 12.6. The fourth-order valence-electron chi connectivity index (χ4n) is 3.45. The fourth-order valence-corrected chi connectivity index (χ4v) is 4.63. The molecule has 0 spiro atoms. The summed E-state index contributed by atoms with van der Waals surface area (Å²) in [5.41, 5.74) is 3.02. The van der Waals surface area contributed by atoms with Gasteiger partial charge in [-0.15, -0.1) is 0 Å². The van der Waals surface area contributed by atoms with Crippen LogP contribution in [-0.4, -0.2) is 32.3 Å². The van der Waals surface area contributed by atoms with Crippen LogP contribution in [0.1, 0.15) is 41.6 Å². The summed E-state index contributed by atoms with van der Waals surface area (Å²) in [6, 6.07) is 5.83. The third-order valence-corrected chi connectivity index (χ3v) is 6.35. The van der Waals surface area contributed by atoms with Crippen LogP contribution in [-0.2, 0) is 16.3 Å². The van der Waals surface area contributed by atoms with Crippen molar-refractivity contribution < 1.29 is 13.2 Å². The number of rotatable bonds is 3. The maximum Gasteiger partial charge on any atom is 0.166 e. The van der Waals surface area contributed by atoms with Crippen LogP contribution in [0, 0.1) is 5.92 Å². The number of hydrogen-bond acceptors (Lipinski definition) is 4. The average molecular weight is 307 g/mol. The summed E-state index contributed by atoms with van der Waals surface area (Å²) in [5.74, 6) is -0.0576. The van der Waals surface area contributed by atoms with E-state index in [4.69, 9.17) is 0 Å². The Morgan fingerprint density at radius 2 is 2.10 bits per heavy atom. The third-order valence-electron chi connectivity index (χ3n) is 4.71. The highest BCUT2D eigenvalue weighted by Gasteiger charge is 2.33. The number of benzene rings is 1. The summed E-state index contributed by atoms with van der Waals surface area (Å²) in [6.45, 7) is 0.923. The molecular weight excluding hydrogens is 286 g/mol. The molecule has 1 aromatic rings. The minimum absolute atomic E-state index is 0.0971. The molecule has 1 aliphatic heterocycles. The Hall–Kier alpha value is -1.36. The number of Topliss-reactive ketones (excluding diaryl/α,β-unsaturated/α-hetero) is 1. The Labute approximate surface area is 125 Å². The SMILES string of the molecule is CS(=O)(=O)C1CCCC(C(=O)c2ccc3c(c2)NCC3)C1. The molecule has 4 nitrogen and oxygen atoms in total. The Balaban J connectivity index is 1.79. The van der Waals surface area contributed by atoms with Gasteiger partial charge in [-0.1, -0.05) is 18.6 Å². The molecule has 0 amide bonds. The fraction of sp³-hybridized carbons (Fsp3) is 0.562. The van der Waals surface area contributed by atoms with Crippen LogP contribution in [0.25, 0.3) is 0 Å². The first-order valence-electron chi connectivity index (χ1n) is 7.55. The molecule has 1 aliphatic carbocycles. The highest BCUT2D eigenvalue weighted by Crippen LogP contribution is 2.32. The van der Waals surface area contributed by atoms with E-state index in [9.17, 15) is 13.2 Å². The number of nitrogens with one attached hydrogen (secondary N) is 1. The van der Waals surface area contributed by atoms with E-state index < -0.39 is 9.84 Å². The summed E-state index contributed by atoms with van der Waals surface area (Å²) in [6.07, 6.45) is 5.07. The Morgan fingerprint density at radius 1 is 1.29 bits per heavy atom. The van der Waals surface area contributed by atoms with Gasteiger partial charge < -0.3 is 5.32 Å². The van der Waals surface area contributed by atoms with Gasteiger partial charge in [0.15, 0.2) is 5.78 Å². The van der Waals surface area contributed by atoms with Crippen LogP contribution in [0.3, 0.4) is 0 Å². The predicted octanol–water partition coefficient (Wildman–Crippen LogP) is 2.44. The van der Waals surface area contributed by atoms with Crippen LogP contribution in [0.2, 0.25) is 0 Å². The van der Waals surface area contributed by atoms with Gasteiger partial charge in [-0.25, -0.2) is 8.42 Å². The van der Waals surface area contributed by atoms with Crippen LogP contribution in [0.4, 0.5) is 5.69 Å². The van der Waals surface area contributed by atoms with E-state index >= 15 is 0 Å². The molecule has 3 rings (SSSR count). The molecule has 0 radical (unpaired) electrons. The maximum absolute atomic E-state index is 12.6. The Kier molecular flexibility index (Phi) is 3.78. The summed E-state index contributed by atoms with van der Waals surface area (Å²) in [5, 5.41) is 2.93. The van der Waals surface area contributed by atoms with E-state index in [0.29, 0.717) is 18.4 Å². The predicted molar refractivity (Wildman–Crippen MR) is 83.6 cm³/mol. The number of carbonyl (C=O) groups excluding carboxylic acids is 1. The Bertz CT molecular complexity index is 666. The van der Waals surface area contributed by atoms with Gasteiger partial charge in [0.25, 0.3) is 0 Å². The molecule has 0 aromatic heterocycles. The minimum Gasteiger partial charge on any atom is -0.384 e. The van der Waals surface area contributed by atoms with Crippen LogP contribution in [0.5, 0.6) is 0 Å². The summed E-state index contributed by atoms with van der Waals surface area (Å²) in [4.78, 5) is 12.6. The van der Waals surface area contributed by atoms with Crippen molar-refractivity contribution in [2.45, 2.75) is 37.4 Å². The summed E-state index contributed by atoms with van der Waals surface area (Å²) < 4.78 is 23.4. The quantitative estimate of drug-likeness (QED) is 0.871. The lowest BCUT2D eigenvalue weighted by Gasteiger charge is -2.27. The van der Waals surface area contributed by atoms with Crippen molar-refractivity contribution >= 4 is 21.3 Å². The molecule has 0 bridgehead atoms. The lowest BCUT2D eigenvalue weighted by Crippen LogP contribution is -2.31. The summed E-state index contributed by atoms with van der Waals surface area (Å²) in [7, 11) is -3.05. The standard InChI is InChI=1S/C16H21NO3S/c1-21(19,20)14-4-2-3-12(9-14)16(18)13-6-5-11-7-8-17-15(11)10-13/h5-6,10,12,14,17H,2-4,7-9H2,1H3. The van der Waals surface area contributed by atoms with Crippen LogP contribution >= 0.6 is 0 Å². The molecule has 1 fully saturated rings. The van der Waals surface area contributed by atoms with E-state index in [1.165, 1.54) is 11.8 Å². The van der Waals surface area contributed by atoms with Crippen molar-refractivity contribution in [3.8, 4) is 0 Å². The lowest BCUT2D eigenvalue weighted by atomic mass is 9.83. The number of sulfone groups is 1. The molecule has 21 heavy (non-hydrogen) atoms. The van der Waals surface area contributed by atoms with E-state index in [1.54, 1.807) is 0 Å². The molecule has 1 saturated carbocycles. The molecule has 2 aliphatic rings. The number of anilines is 1. The van der Waals surface area contributed by atoms with Crippen molar-refractivity contribution in [2.24, 2.45) is 5.92 Å². The van der Waals surface area contributed by atoms with Gasteiger partial charge in [0.1, 0.15) is 9.84 Å². The molecule has 2 unspecified atom stereocenters. The van der Waals surface area contributed by atoms with Crippen molar-refractivity contribution in [3.05, 3.63) is 29.3 Å². The van der Waals surface area contributed by atoms with Crippen molar-refractivity contribution in [1.29, 1.82) is 0 Å². The zero-order chi connectivity index (χ0) is 15.0. The third kappa shape index (κ3) is 2.98. The van der Waals surface area contributed by atoms with Gasteiger partial charge in [-0.2, -0.15) is 0 Å². The minimum atomic E-state index is -3.05. The van der Waals surface area contributed by atoms with E-state index in [1.807, 2.05) is 18.2 Å². The van der Waals surface area contributed by atoms with Gasteiger partial charge in [0.05, 0.1) is 5.25 Å². The number of fused-ring (bicyclic) bond motifs is 1. The molecule has 1 aromatic carbocycles. The highest BCUT2D eigenvalue weighted by molar-refractivity contribution is 7.91. The second-order valence-corrected chi connectivity index (χ2v) is 8.55. The highest BCUT2D eigenvalue weighted by atomic mass is 32.2. The first-order chi connectivity index (χ1) is 9.95. The normalized spacial score (nSPS) is 25.2. The van der Waals surface area contributed by atoms with Gasteiger partial charge in [0, 0.05) is 30.0 Å². The number of carbonyl (C=O) groups is 1. The van der Waals surface area contributed by atoms with Gasteiger partial charge >= 0.3 is 0 Å². The second-order valence-electron chi connectivity index (χ2n) is 6.23. The largest absolute Gasteiger partial charge is 0.384 e. The zero-order valence-corrected chi connectivity index (χ0v) is 13.1. The van der Waals surface area contributed by atoms with Crippen molar-refractivity contribution in [3.63, 3.8) is 0 Å². The number of ketones is 1. The first-order valence-corrected chi connectivity index (χ1v) is 9.50. The summed E-state index contributed by atoms with van der Waals surface area (Å²) >= 11 is 0. The van der Waals surface area contributed by atoms with Crippen molar-refractivity contribution in [2.75, 3.05) is 18.1 Å². The molecule has 2 atom stereocenters. The first kappa shape index (κ1) is 14.6. The molecular formula is C16H21NO3S. The van der Waals surface area contributed by atoms with Gasteiger partial charge in [-0.3, -0.25) is 4.79 Å². The molecule has 5 heteroatoms. The van der Waals surface area contributed by atoms with Gasteiger partial charge in [-0.05, 0) is 37.3 Å². The van der Waals surface area contributed by atoms with Crippen molar-refractivity contribution in [1.82, 2.24) is 0 Å². The zero-order valence-electron chi connectivity index (χ0n) is 12.3. The lowest BCUT2D eigenvalue weighted by molar-refractivity contribution is 0.0891. The molecule has 114 valence electrons. The van der Waals surface area contributed by atoms with Gasteiger partial charge in [0.2, 0.25) is 0 Å². The number of hydrogen-bond donors (Lipinski definition) is 1. The van der Waals surface area contributed by atoms with Crippen LogP contribution in [0.15, 0.2) is 18.2 Å². The average Bonchev–Trinajstić information content (AvgIpc) is 2.93. The topological polar surface area (TPSA) is 63.2 Å².